The molecule has 58 heavy (non-hydrogen) atoms. The molecule has 2 aromatic heterocycles. The monoisotopic (exact) mass is 745 g/mol. The number of para-hydroxylation sites is 2. The first-order valence-electron chi connectivity index (χ1n) is 19.6. The van der Waals surface area contributed by atoms with Gasteiger partial charge >= 0.3 is 0 Å². The van der Waals surface area contributed by atoms with Gasteiger partial charge in [-0.1, -0.05) is 158 Å². The molecule has 0 spiro atoms. The lowest BCUT2D eigenvalue weighted by molar-refractivity contribution is 0.668. The van der Waals surface area contributed by atoms with Crippen LogP contribution in [-0.2, 0) is 0 Å². The molecule has 0 fully saturated rings. The van der Waals surface area contributed by atoms with E-state index in [1.165, 1.54) is 11.1 Å². The van der Waals surface area contributed by atoms with Crippen LogP contribution in [0.25, 0.3) is 82.8 Å². The van der Waals surface area contributed by atoms with Gasteiger partial charge in [0, 0.05) is 38.6 Å². The summed E-state index contributed by atoms with van der Waals surface area (Å²) in [6.45, 7) is 6.73. The van der Waals surface area contributed by atoms with Crippen LogP contribution in [0.1, 0.15) is 12.5 Å². The van der Waals surface area contributed by atoms with Crippen molar-refractivity contribution in [3.8, 4) is 33.4 Å². The third kappa shape index (κ3) is 6.29. The minimum absolute atomic E-state index is 0.839. The molecule has 0 amide bonds. The van der Waals surface area contributed by atoms with Gasteiger partial charge in [0.2, 0.25) is 0 Å². The fourth-order valence-electron chi connectivity index (χ4n) is 8.20. The Morgan fingerprint density at radius 2 is 0.879 bits per heavy atom. The van der Waals surface area contributed by atoms with E-state index < -0.39 is 0 Å². The summed E-state index contributed by atoms with van der Waals surface area (Å²) in [5, 5.41) is 4.49. The SMILES string of the molecule is C=C(/C=C\C(=C/C)c1ccc(-c2ccccc2)cc1)N(c1ccc(-c2cccc3oc4ccccc4c23)cc1)c1ccc(-c2cccc3oc4ccccc4c23)cc1. The molecular formula is C55H39NO2. The predicted molar refractivity (Wildman–Crippen MR) is 244 cm³/mol. The zero-order valence-corrected chi connectivity index (χ0v) is 32.1. The molecule has 3 nitrogen and oxygen atoms in total. The van der Waals surface area contributed by atoms with Gasteiger partial charge in [-0.15, -0.1) is 0 Å². The van der Waals surface area contributed by atoms with Crippen molar-refractivity contribution in [2.24, 2.45) is 0 Å². The normalized spacial score (nSPS) is 12.0. The Labute approximate surface area is 337 Å². The lowest BCUT2D eigenvalue weighted by atomic mass is 9.98. The zero-order chi connectivity index (χ0) is 39.0. The average Bonchev–Trinajstić information content (AvgIpc) is 3.87. The first-order valence-corrected chi connectivity index (χ1v) is 19.6. The maximum Gasteiger partial charge on any atom is 0.136 e. The highest BCUT2D eigenvalue weighted by atomic mass is 16.3. The van der Waals surface area contributed by atoms with Crippen molar-refractivity contribution in [1.82, 2.24) is 0 Å². The highest BCUT2D eigenvalue weighted by Crippen LogP contribution is 2.40. The quantitative estimate of drug-likeness (QED) is 0.138. The molecular weight excluding hydrogens is 707 g/mol. The highest BCUT2D eigenvalue weighted by molar-refractivity contribution is 6.13. The van der Waals surface area contributed by atoms with E-state index in [2.05, 4.69) is 182 Å². The van der Waals surface area contributed by atoms with Crippen molar-refractivity contribution in [1.29, 1.82) is 0 Å². The van der Waals surface area contributed by atoms with E-state index in [0.29, 0.717) is 0 Å². The molecule has 0 saturated carbocycles. The van der Waals surface area contributed by atoms with Gasteiger partial charge in [0.05, 0.1) is 0 Å². The summed E-state index contributed by atoms with van der Waals surface area (Å²) >= 11 is 0. The third-order valence-electron chi connectivity index (χ3n) is 11.1. The summed E-state index contributed by atoms with van der Waals surface area (Å²) in [5.74, 6) is 0. The molecule has 0 bridgehead atoms. The van der Waals surface area contributed by atoms with Gasteiger partial charge in [0.1, 0.15) is 22.3 Å². The zero-order valence-electron chi connectivity index (χ0n) is 32.1. The van der Waals surface area contributed by atoms with Crippen LogP contribution in [0.15, 0.2) is 227 Å². The molecule has 0 radical (unpaired) electrons. The van der Waals surface area contributed by atoms with Crippen LogP contribution in [0, 0.1) is 0 Å². The number of fused-ring (bicyclic) bond motifs is 6. The second-order valence-corrected chi connectivity index (χ2v) is 14.5. The fraction of sp³-hybridized carbons (Fsp3) is 0.0182. The number of anilines is 2. The van der Waals surface area contributed by atoms with E-state index in [9.17, 15) is 0 Å². The lowest BCUT2D eigenvalue weighted by Crippen LogP contribution is -2.14. The Morgan fingerprint density at radius 1 is 0.431 bits per heavy atom. The summed E-state index contributed by atoms with van der Waals surface area (Å²) in [7, 11) is 0. The van der Waals surface area contributed by atoms with Gasteiger partial charge in [-0.3, -0.25) is 0 Å². The summed E-state index contributed by atoms with van der Waals surface area (Å²) in [4.78, 5) is 2.22. The molecule has 0 aliphatic rings. The van der Waals surface area contributed by atoms with E-state index >= 15 is 0 Å². The van der Waals surface area contributed by atoms with Crippen LogP contribution in [-0.4, -0.2) is 0 Å². The van der Waals surface area contributed by atoms with Crippen molar-refractivity contribution in [3.05, 3.63) is 224 Å². The van der Waals surface area contributed by atoms with Crippen LogP contribution < -0.4 is 4.90 Å². The Kier molecular flexibility index (Phi) is 8.89. The molecule has 0 atom stereocenters. The van der Waals surface area contributed by atoms with Crippen molar-refractivity contribution in [2.75, 3.05) is 4.90 Å². The molecule has 2 heterocycles. The van der Waals surface area contributed by atoms with Crippen LogP contribution in [0.5, 0.6) is 0 Å². The van der Waals surface area contributed by atoms with Crippen molar-refractivity contribution in [3.63, 3.8) is 0 Å². The summed E-state index contributed by atoms with van der Waals surface area (Å²) in [6.07, 6.45) is 6.42. The predicted octanol–water partition coefficient (Wildman–Crippen LogP) is 15.8. The van der Waals surface area contributed by atoms with Gasteiger partial charge in [0.25, 0.3) is 0 Å². The number of hydrogen-bond donors (Lipinski definition) is 0. The van der Waals surface area contributed by atoms with Crippen molar-refractivity contribution < 1.29 is 8.83 Å². The second kappa shape index (κ2) is 14.8. The lowest BCUT2D eigenvalue weighted by Gasteiger charge is -2.26. The number of nitrogens with zero attached hydrogens (tertiary/aromatic N) is 1. The van der Waals surface area contributed by atoms with Crippen LogP contribution in [0.3, 0.4) is 0 Å². The van der Waals surface area contributed by atoms with Crippen LogP contribution in [0.2, 0.25) is 0 Å². The van der Waals surface area contributed by atoms with Gasteiger partial charge in [-0.25, -0.2) is 0 Å². The smallest absolute Gasteiger partial charge is 0.136 e. The average molecular weight is 746 g/mol. The first-order chi connectivity index (χ1) is 28.6. The van der Waals surface area contributed by atoms with Gasteiger partial charge < -0.3 is 13.7 Å². The summed E-state index contributed by atoms with van der Waals surface area (Å²) in [5.41, 5.74) is 15.6. The maximum absolute atomic E-state index is 6.22. The first kappa shape index (κ1) is 34.8. The third-order valence-corrected chi connectivity index (χ3v) is 11.1. The Morgan fingerprint density at radius 3 is 1.40 bits per heavy atom. The molecule has 0 aliphatic heterocycles. The fourth-order valence-corrected chi connectivity index (χ4v) is 8.20. The summed E-state index contributed by atoms with van der Waals surface area (Å²) < 4.78 is 12.4. The molecule has 10 aromatic rings. The van der Waals surface area contributed by atoms with E-state index in [-0.39, 0.29) is 0 Å². The molecule has 0 unspecified atom stereocenters. The van der Waals surface area contributed by atoms with Gasteiger partial charge in [-0.05, 0) is 106 Å². The Balaban J connectivity index is 1.02. The van der Waals surface area contributed by atoms with Crippen LogP contribution in [0.4, 0.5) is 11.4 Å². The number of furan rings is 2. The number of benzene rings is 8. The topological polar surface area (TPSA) is 29.5 Å². The van der Waals surface area contributed by atoms with E-state index in [0.717, 1.165) is 94.3 Å². The van der Waals surface area contributed by atoms with Gasteiger partial charge in [0.15, 0.2) is 0 Å². The minimum Gasteiger partial charge on any atom is -0.456 e. The number of rotatable bonds is 9. The van der Waals surface area contributed by atoms with E-state index in [1.54, 1.807) is 0 Å². The molecule has 3 heteroatoms. The largest absolute Gasteiger partial charge is 0.456 e. The van der Waals surface area contributed by atoms with Crippen molar-refractivity contribution in [2.45, 2.75) is 6.92 Å². The molecule has 0 N–H and O–H groups in total. The molecule has 10 rings (SSSR count). The Bertz CT molecular complexity index is 3000. The summed E-state index contributed by atoms with van der Waals surface area (Å²) in [6, 6.07) is 65.8. The van der Waals surface area contributed by atoms with Gasteiger partial charge in [-0.2, -0.15) is 0 Å². The highest BCUT2D eigenvalue weighted by Gasteiger charge is 2.17. The van der Waals surface area contributed by atoms with E-state index in [4.69, 9.17) is 8.83 Å². The van der Waals surface area contributed by atoms with E-state index in [1.807, 2.05) is 42.5 Å². The Hall–Kier alpha value is -7.62. The van der Waals surface area contributed by atoms with Crippen LogP contribution >= 0.6 is 0 Å². The molecule has 276 valence electrons. The molecule has 0 aliphatic carbocycles. The molecule has 0 saturated heterocycles. The molecule has 8 aromatic carbocycles. The minimum atomic E-state index is 0.839. The standard InChI is InChI=1S/C55H39NO2/c1-3-38(40-25-27-41(28-26-40)39-13-5-4-6-14-39)24-23-37(2)56(44-33-29-42(30-34-44)46-17-11-21-52-54(46)48-15-7-9-19-50(48)57-52)45-35-31-43(32-36-45)47-18-12-22-53-55(47)49-16-8-10-20-51(49)58-53/h3-36H,2H2,1H3/b24-23-,38-3+. The van der Waals surface area contributed by atoms with Crippen molar-refractivity contribution >= 4 is 60.8 Å². The second-order valence-electron chi connectivity index (χ2n) is 14.5. The number of allylic oxidation sites excluding steroid dienone is 4. The maximum atomic E-state index is 6.22. The number of hydrogen-bond acceptors (Lipinski definition) is 3.